The van der Waals surface area contributed by atoms with E-state index in [4.69, 9.17) is 15.7 Å². The molecule has 2 aromatic heterocycles. The predicted octanol–water partition coefficient (Wildman–Crippen LogP) is 2.13. The largest absolute Gasteiger partial charge is 0.482 e. The summed E-state index contributed by atoms with van der Waals surface area (Å²) < 4.78 is 15.6. The van der Waals surface area contributed by atoms with Crippen molar-refractivity contribution in [3.05, 3.63) is 53.5 Å². The number of fused-ring (bicyclic) bond motifs is 4. The van der Waals surface area contributed by atoms with Crippen LogP contribution in [-0.2, 0) is 11.2 Å². The maximum atomic E-state index is 13.5. The van der Waals surface area contributed by atoms with E-state index in [1.54, 1.807) is 19.4 Å². The van der Waals surface area contributed by atoms with E-state index in [1.165, 1.54) is 12.1 Å². The van der Waals surface area contributed by atoms with Crippen LogP contribution in [0.15, 0.2) is 36.4 Å². The van der Waals surface area contributed by atoms with Crippen LogP contribution < -0.4 is 5.59 Å². The van der Waals surface area contributed by atoms with Gasteiger partial charge in [-0.15, -0.1) is 0 Å². The molecule has 137 valence electrons. The third-order valence-corrected chi connectivity index (χ3v) is 5.75. The average Bonchev–Trinajstić information content (AvgIpc) is 3.19. The first kappa shape index (κ1) is 18.1. The number of aliphatic carboxylic acids is 1. The molecule has 2 unspecified atom stereocenters. The van der Waals surface area contributed by atoms with E-state index in [1.807, 2.05) is 23.6 Å². The second kappa shape index (κ2) is 6.02. The number of H-pyrrole nitrogens is 1. The van der Waals surface area contributed by atoms with Crippen LogP contribution in [0, 0.1) is 5.82 Å². The second-order valence-corrected chi connectivity index (χ2v) is 7.68. The highest BCUT2D eigenvalue weighted by molar-refractivity contribution is 6.63. The molecule has 9 heteroatoms. The zero-order chi connectivity index (χ0) is 20.5. The van der Waals surface area contributed by atoms with Gasteiger partial charge in [-0.3, -0.25) is 9.89 Å². The van der Waals surface area contributed by atoms with Gasteiger partial charge in [0.05, 0.1) is 18.9 Å². The molecule has 5 radical (unpaired) electrons. The number of hydrogen-bond acceptors (Lipinski definition) is 2. The number of carboxylic acids is 1. The van der Waals surface area contributed by atoms with Crippen molar-refractivity contribution in [2.24, 2.45) is 0 Å². The number of aromatic nitrogens is 3. The van der Waals surface area contributed by atoms with Crippen molar-refractivity contribution in [3.63, 3.8) is 0 Å². The molecule has 1 aliphatic heterocycles. The lowest BCUT2D eigenvalue weighted by atomic mass is 9.33. The zero-order valence-electron chi connectivity index (χ0n) is 15.6. The summed E-state index contributed by atoms with van der Waals surface area (Å²) in [6.45, 7) is 1.92. The second-order valence-electron chi connectivity index (χ2n) is 7.68. The van der Waals surface area contributed by atoms with E-state index in [9.17, 15) is 14.3 Å². The first-order valence-electron chi connectivity index (χ1n) is 9.23. The fourth-order valence-electron chi connectivity index (χ4n) is 4.45. The van der Waals surface area contributed by atoms with Gasteiger partial charge in [0, 0.05) is 27.4 Å². The molecule has 5 nitrogen and oxygen atoms in total. The Balaban J connectivity index is 1.89. The first-order valence-corrected chi connectivity index (χ1v) is 9.23. The summed E-state index contributed by atoms with van der Waals surface area (Å²) >= 11 is 0. The monoisotopic (exact) mass is 380 g/mol. The molecule has 5 rings (SSSR count). The SMILES string of the molecule is [B]c1[nH]nc2cc3c4c(n(-c5ccc(F)cc5)c3cc12)C(C)[B]C([B])(C(=O)O)C4. The van der Waals surface area contributed by atoms with Crippen LogP contribution >= 0.6 is 0 Å². The normalized spacial score (nSPS) is 21.2. The summed E-state index contributed by atoms with van der Waals surface area (Å²) in [5, 5.41) is 16.9. The minimum absolute atomic E-state index is 0.151. The van der Waals surface area contributed by atoms with Crippen molar-refractivity contribution in [1.29, 1.82) is 0 Å². The Kier molecular flexibility index (Phi) is 3.76. The van der Waals surface area contributed by atoms with Crippen LogP contribution in [0.1, 0.15) is 24.0 Å². The van der Waals surface area contributed by atoms with E-state index in [2.05, 4.69) is 10.2 Å². The smallest absolute Gasteiger partial charge is 0.293 e. The number of halogens is 1. The highest BCUT2D eigenvalue weighted by Gasteiger charge is 2.43. The number of carboxylic acid groups (broad SMARTS) is 1. The number of nitrogens with zero attached hydrogens (tertiary/aromatic N) is 2. The van der Waals surface area contributed by atoms with Gasteiger partial charge < -0.3 is 9.67 Å². The van der Waals surface area contributed by atoms with Crippen molar-refractivity contribution in [1.82, 2.24) is 14.8 Å². The van der Waals surface area contributed by atoms with Crippen LogP contribution in [0.3, 0.4) is 0 Å². The number of rotatable bonds is 2. The van der Waals surface area contributed by atoms with Crippen molar-refractivity contribution < 1.29 is 14.3 Å². The molecular weight excluding hydrogens is 366 g/mol. The molecule has 0 saturated carbocycles. The first-order chi connectivity index (χ1) is 13.8. The van der Waals surface area contributed by atoms with Crippen molar-refractivity contribution >= 4 is 56.3 Å². The molecule has 0 spiro atoms. The van der Waals surface area contributed by atoms with Gasteiger partial charge in [0.25, 0.3) is 5.97 Å². The van der Waals surface area contributed by atoms with Gasteiger partial charge in [0.15, 0.2) is 0 Å². The lowest BCUT2D eigenvalue weighted by Gasteiger charge is -2.34. The Labute approximate surface area is 169 Å². The minimum Gasteiger partial charge on any atom is -0.482 e. The molecule has 1 aliphatic rings. The summed E-state index contributed by atoms with van der Waals surface area (Å²) in [6.07, 6.45) is 0.151. The van der Waals surface area contributed by atoms with Crippen LogP contribution in [0.4, 0.5) is 4.39 Å². The summed E-state index contributed by atoms with van der Waals surface area (Å²) in [7, 11) is 13.9. The van der Waals surface area contributed by atoms with Gasteiger partial charge in [0.2, 0.25) is 0 Å². The Morgan fingerprint density at radius 1 is 1.34 bits per heavy atom. The molecule has 2 atom stereocenters. The van der Waals surface area contributed by atoms with Gasteiger partial charge in [-0.05, 0) is 59.8 Å². The predicted molar refractivity (Wildman–Crippen MR) is 112 cm³/mol. The highest BCUT2D eigenvalue weighted by Crippen LogP contribution is 2.45. The fraction of sp³-hybridized carbons (Fsp3) is 0.200. The summed E-state index contributed by atoms with van der Waals surface area (Å²) in [5.41, 5.74) is 4.55. The Hall–Kier alpha value is -2.96. The average molecular weight is 380 g/mol. The van der Waals surface area contributed by atoms with E-state index >= 15 is 0 Å². The van der Waals surface area contributed by atoms with Gasteiger partial charge in [-0.1, -0.05) is 6.92 Å². The Bertz CT molecular complexity index is 1300. The molecule has 4 aromatic rings. The number of nitrogens with one attached hydrogen (secondary N) is 1. The van der Waals surface area contributed by atoms with E-state index in [-0.39, 0.29) is 18.1 Å². The van der Waals surface area contributed by atoms with Crippen LogP contribution in [-0.4, -0.2) is 48.8 Å². The van der Waals surface area contributed by atoms with Crippen LogP contribution in [0.5, 0.6) is 0 Å². The molecule has 0 fully saturated rings. The number of hydrogen-bond donors (Lipinski definition) is 2. The van der Waals surface area contributed by atoms with Gasteiger partial charge in [-0.25, -0.2) is 4.39 Å². The maximum absolute atomic E-state index is 13.5. The zero-order valence-corrected chi connectivity index (χ0v) is 15.6. The molecular formula is C20H14B3FN3O2. The Morgan fingerprint density at radius 2 is 2.07 bits per heavy atom. The molecule has 0 amide bonds. The third-order valence-electron chi connectivity index (χ3n) is 5.75. The molecule has 29 heavy (non-hydrogen) atoms. The molecule has 2 aromatic carbocycles. The molecule has 2 N–H and O–H groups in total. The fourth-order valence-corrected chi connectivity index (χ4v) is 4.45. The number of carbonyl (C=O) groups is 1. The van der Waals surface area contributed by atoms with Crippen molar-refractivity contribution in [3.8, 4) is 5.69 Å². The molecule has 0 bridgehead atoms. The molecule has 0 aliphatic carbocycles. The highest BCUT2D eigenvalue weighted by atomic mass is 19.1. The topological polar surface area (TPSA) is 70.9 Å². The quantitative estimate of drug-likeness (QED) is 0.524. The van der Waals surface area contributed by atoms with E-state index < -0.39 is 11.2 Å². The number of aromatic amines is 1. The van der Waals surface area contributed by atoms with Crippen LogP contribution in [0.2, 0.25) is 5.21 Å². The lowest BCUT2D eigenvalue weighted by molar-refractivity contribution is -0.138. The summed E-state index contributed by atoms with van der Waals surface area (Å²) in [6, 6.07) is 10.0. The van der Waals surface area contributed by atoms with E-state index in [0.29, 0.717) is 11.1 Å². The molecule has 0 saturated heterocycles. The lowest BCUT2D eigenvalue weighted by Crippen LogP contribution is -2.39. The van der Waals surface area contributed by atoms with E-state index in [0.717, 1.165) is 33.2 Å². The Morgan fingerprint density at radius 3 is 2.76 bits per heavy atom. The van der Waals surface area contributed by atoms with Gasteiger partial charge >= 0.3 is 0 Å². The van der Waals surface area contributed by atoms with Gasteiger partial charge in [-0.2, -0.15) is 5.10 Å². The van der Waals surface area contributed by atoms with Gasteiger partial charge in [0.1, 0.15) is 20.9 Å². The maximum Gasteiger partial charge on any atom is 0.293 e. The molecule has 3 heterocycles. The standard InChI is InChI=1S/C20H14B3FN3O2/c1-9-17-14(8-20(22,23-9)19(28)29)12-6-15-13(18(21)26-25-15)7-16(12)27(17)11-4-2-10(24)3-5-11/h2-7,9H,8H2,1H3,(H,25,26)(H,28,29). The summed E-state index contributed by atoms with van der Waals surface area (Å²) in [4.78, 5) is 11.9. The van der Waals surface area contributed by atoms with Crippen molar-refractivity contribution in [2.75, 3.05) is 0 Å². The summed E-state index contributed by atoms with van der Waals surface area (Å²) in [5.74, 6) is -1.63. The number of benzene rings is 2. The minimum atomic E-state index is -1.46. The van der Waals surface area contributed by atoms with Crippen LogP contribution in [0.25, 0.3) is 27.5 Å². The third kappa shape index (κ3) is 2.56. The van der Waals surface area contributed by atoms with Crippen molar-refractivity contribution in [2.45, 2.75) is 24.4 Å².